The van der Waals surface area contributed by atoms with Gasteiger partial charge in [-0.1, -0.05) is 335 Å². The Hall–Kier alpha value is -4.19. The summed E-state index contributed by atoms with van der Waals surface area (Å²) >= 11 is 0. The molecule has 0 fully saturated rings. The van der Waals surface area contributed by atoms with Crippen LogP contribution >= 0.6 is 0 Å². The second kappa shape index (κ2) is 70.3. The van der Waals surface area contributed by atoms with Crippen molar-refractivity contribution in [1.82, 2.24) is 0 Å². The molecule has 0 rings (SSSR count). The fourth-order valence-electron chi connectivity index (χ4n) is 9.77. The third-order valence-electron chi connectivity index (χ3n) is 15.0. The van der Waals surface area contributed by atoms with Crippen LogP contribution in [0.5, 0.6) is 0 Å². The van der Waals surface area contributed by atoms with Crippen molar-refractivity contribution in [2.24, 2.45) is 0 Å². The lowest BCUT2D eigenvalue weighted by Gasteiger charge is -2.18. The minimum atomic E-state index is -0.788. The zero-order chi connectivity index (χ0) is 59.9. The molecule has 83 heavy (non-hydrogen) atoms. The molecule has 0 bridgehead atoms. The predicted molar refractivity (Wildman–Crippen MR) is 362 cm³/mol. The first-order valence-electron chi connectivity index (χ1n) is 35.0. The molecule has 6 heteroatoms. The number of carbonyl (C=O) groups excluding carboxylic acids is 3. The largest absolute Gasteiger partial charge is 0.462 e. The number of allylic oxidation sites excluding steroid dienone is 20. The Morgan fingerprint density at radius 3 is 0.735 bits per heavy atom. The van der Waals surface area contributed by atoms with Gasteiger partial charge in [0.05, 0.1) is 0 Å². The predicted octanol–water partition coefficient (Wildman–Crippen LogP) is 24.3. The molecule has 0 spiro atoms. The summed E-state index contributed by atoms with van der Waals surface area (Å²) < 4.78 is 16.9. The Bertz CT molecular complexity index is 1700. The van der Waals surface area contributed by atoms with E-state index in [4.69, 9.17) is 14.2 Å². The van der Waals surface area contributed by atoms with Crippen molar-refractivity contribution >= 4 is 17.9 Å². The van der Waals surface area contributed by atoms with E-state index in [2.05, 4.69) is 142 Å². The van der Waals surface area contributed by atoms with Gasteiger partial charge in [0.1, 0.15) is 13.2 Å². The van der Waals surface area contributed by atoms with E-state index in [1.807, 2.05) is 0 Å². The van der Waals surface area contributed by atoms with Gasteiger partial charge in [0.25, 0.3) is 0 Å². The molecule has 0 aliphatic rings. The summed E-state index contributed by atoms with van der Waals surface area (Å²) in [4.78, 5) is 38.4. The van der Waals surface area contributed by atoms with Gasteiger partial charge in [-0.3, -0.25) is 14.4 Å². The molecule has 0 radical (unpaired) electrons. The molecule has 0 aromatic carbocycles. The van der Waals surface area contributed by atoms with E-state index in [9.17, 15) is 14.4 Å². The SMILES string of the molecule is CC/C=C\C/C=C\C/C=C\C/C=C\C/C=C\C/C=C\C/C=C\C/C=C\C/C=C\C/C=C\CCCCCCC(=O)OCC(COC(=O)CCCCCCCCCCCCCCCCC)OC(=O)CCCCCCCCCCCCCCCCC. The fraction of sp³-hybridized carbons (Fsp3) is 0.701. The van der Waals surface area contributed by atoms with E-state index < -0.39 is 6.10 Å². The van der Waals surface area contributed by atoms with E-state index in [0.717, 1.165) is 135 Å². The highest BCUT2D eigenvalue weighted by Crippen LogP contribution is 2.17. The van der Waals surface area contributed by atoms with Gasteiger partial charge in [-0.05, 0) is 96.3 Å². The Labute approximate surface area is 513 Å². The second-order valence-corrected chi connectivity index (χ2v) is 23.1. The van der Waals surface area contributed by atoms with Crippen molar-refractivity contribution in [3.8, 4) is 0 Å². The lowest BCUT2D eigenvalue weighted by Crippen LogP contribution is -2.30. The van der Waals surface area contributed by atoms with Gasteiger partial charge in [0.2, 0.25) is 0 Å². The molecule has 1 atom stereocenters. The average Bonchev–Trinajstić information content (AvgIpc) is 3.49. The number of hydrogen-bond acceptors (Lipinski definition) is 6. The number of esters is 3. The maximum atomic E-state index is 12.9. The summed E-state index contributed by atoms with van der Waals surface area (Å²) in [5.41, 5.74) is 0. The van der Waals surface area contributed by atoms with Crippen LogP contribution in [0.25, 0.3) is 0 Å². The van der Waals surface area contributed by atoms with E-state index in [-0.39, 0.29) is 31.1 Å². The monoisotopic (exact) mass is 1150 g/mol. The van der Waals surface area contributed by atoms with Gasteiger partial charge in [0.15, 0.2) is 6.10 Å². The quantitative estimate of drug-likeness (QED) is 0.0261. The third-order valence-corrected chi connectivity index (χ3v) is 15.0. The molecular formula is C77H130O6. The summed E-state index contributed by atoms with van der Waals surface area (Å²) in [6.45, 7) is 6.54. The van der Waals surface area contributed by atoms with Crippen molar-refractivity contribution in [3.05, 3.63) is 122 Å². The number of unbranched alkanes of at least 4 members (excludes halogenated alkanes) is 32. The highest BCUT2D eigenvalue weighted by Gasteiger charge is 2.19. The molecule has 0 heterocycles. The van der Waals surface area contributed by atoms with Crippen LogP contribution in [-0.4, -0.2) is 37.2 Å². The van der Waals surface area contributed by atoms with Gasteiger partial charge >= 0.3 is 17.9 Å². The Kier molecular flexibility index (Phi) is 66.7. The maximum absolute atomic E-state index is 12.9. The molecule has 6 nitrogen and oxygen atoms in total. The molecule has 474 valence electrons. The zero-order valence-corrected chi connectivity index (χ0v) is 54.4. The summed E-state index contributed by atoms with van der Waals surface area (Å²) in [6, 6.07) is 0. The Morgan fingerprint density at radius 1 is 0.253 bits per heavy atom. The van der Waals surface area contributed by atoms with Crippen LogP contribution in [0.2, 0.25) is 0 Å². The Morgan fingerprint density at radius 2 is 0.470 bits per heavy atom. The molecule has 0 amide bonds. The van der Waals surface area contributed by atoms with Crippen LogP contribution in [0.3, 0.4) is 0 Å². The van der Waals surface area contributed by atoms with Gasteiger partial charge in [-0.25, -0.2) is 0 Å². The number of rotatable bonds is 63. The molecule has 1 unspecified atom stereocenters. The highest BCUT2D eigenvalue weighted by atomic mass is 16.6. The van der Waals surface area contributed by atoms with Crippen molar-refractivity contribution in [2.45, 2.75) is 335 Å². The van der Waals surface area contributed by atoms with E-state index in [1.54, 1.807) is 0 Å². The molecule has 0 N–H and O–H groups in total. The van der Waals surface area contributed by atoms with Gasteiger partial charge in [-0.2, -0.15) is 0 Å². The molecular weight excluding hydrogens is 1020 g/mol. The van der Waals surface area contributed by atoms with Gasteiger partial charge in [-0.15, -0.1) is 0 Å². The second-order valence-electron chi connectivity index (χ2n) is 23.1. The van der Waals surface area contributed by atoms with Crippen LogP contribution in [0.4, 0.5) is 0 Å². The topological polar surface area (TPSA) is 78.9 Å². The Balaban J connectivity index is 4.31. The van der Waals surface area contributed by atoms with Crippen molar-refractivity contribution in [1.29, 1.82) is 0 Å². The van der Waals surface area contributed by atoms with Crippen LogP contribution in [0.1, 0.15) is 329 Å². The van der Waals surface area contributed by atoms with Crippen molar-refractivity contribution in [2.75, 3.05) is 13.2 Å². The van der Waals surface area contributed by atoms with Crippen LogP contribution in [0.15, 0.2) is 122 Å². The molecule has 0 aliphatic heterocycles. The lowest BCUT2D eigenvalue weighted by molar-refractivity contribution is -0.167. The van der Waals surface area contributed by atoms with Crippen LogP contribution in [-0.2, 0) is 28.6 Å². The first kappa shape index (κ1) is 78.8. The zero-order valence-electron chi connectivity index (χ0n) is 54.4. The fourth-order valence-corrected chi connectivity index (χ4v) is 9.77. The summed E-state index contributed by atoms with van der Waals surface area (Å²) in [5, 5.41) is 0. The molecule has 0 aliphatic carbocycles. The normalized spacial score (nSPS) is 12.9. The first-order chi connectivity index (χ1) is 41.0. The molecule has 0 aromatic heterocycles. The first-order valence-corrected chi connectivity index (χ1v) is 35.0. The minimum absolute atomic E-state index is 0.0824. The summed E-state index contributed by atoms with van der Waals surface area (Å²) in [6.07, 6.45) is 97.9. The van der Waals surface area contributed by atoms with Crippen LogP contribution in [0, 0.1) is 0 Å². The summed E-state index contributed by atoms with van der Waals surface area (Å²) in [5.74, 6) is -0.894. The smallest absolute Gasteiger partial charge is 0.306 e. The van der Waals surface area contributed by atoms with E-state index in [1.165, 1.54) is 154 Å². The summed E-state index contributed by atoms with van der Waals surface area (Å²) in [7, 11) is 0. The van der Waals surface area contributed by atoms with Gasteiger partial charge < -0.3 is 14.2 Å². The number of hydrogen-bond donors (Lipinski definition) is 0. The third kappa shape index (κ3) is 68.5. The molecule has 0 aromatic rings. The molecule has 0 saturated heterocycles. The minimum Gasteiger partial charge on any atom is -0.462 e. The standard InChI is InChI=1S/C77H130O6/c1-4-7-10-13-16-19-22-25-28-29-30-31-32-33-34-35-36-37-38-39-40-41-42-43-44-45-46-47-50-52-55-58-61-64-67-70-76(79)82-73-74(83-77(80)71-68-65-62-59-56-53-49-27-24-21-18-15-12-9-6-3)72-81-75(78)69-66-63-60-57-54-51-48-26-23-20-17-14-11-8-5-2/h7,10,16,19,25,28,30-31,33-34,36-37,39-40,42-43,45-46,50,52,74H,4-6,8-9,11-15,17-18,20-24,26-27,29,32,35,38,41,44,47-49,51,53-73H2,1-3H3/b10-7-,19-16-,28-25-,31-30-,34-33-,37-36-,40-39-,43-42-,46-45-,52-50-. The average molecular weight is 1150 g/mol. The van der Waals surface area contributed by atoms with Gasteiger partial charge in [0, 0.05) is 19.3 Å². The number of ether oxygens (including phenoxy) is 3. The lowest BCUT2D eigenvalue weighted by atomic mass is 10.0. The number of carbonyl (C=O) groups is 3. The van der Waals surface area contributed by atoms with E-state index >= 15 is 0 Å². The van der Waals surface area contributed by atoms with E-state index in [0.29, 0.717) is 19.3 Å². The molecule has 0 saturated carbocycles. The van der Waals surface area contributed by atoms with Crippen LogP contribution < -0.4 is 0 Å². The highest BCUT2D eigenvalue weighted by molar-refractivity contribution is 5.71. The maximum Gasteiger partial charge on any atom is 0.306 e. The van der Waals surface area contributed by atoms with Crippen molar-refractivity contribution < 1.29 is 28.6 Å². The van der Waals surface area contributed by atoms with Crippen molar-refractivity contribution in [3.63, 3.8) is 0 Å².